The van der Waals surface area contributed by atoms with Gasteiger partial charge in [-0.25, -0.2) is 0 Å². The maximum absolute atomic E-state index is 13.6. The van der Waals surface area contributed by atoms with Gasteiger partial charge in [-0.3, -0.25) is 24.1 Å². The Hall–Kier alpha value is -4.52. The molecule has 1 fully saturated rings. The van der Waals surface area contributed by atoms with Crippen LogP contribution in [0.4, 0.5) is 0 Å². The number of amides is 4. The summed E-state index contributed by atoms with van der Waals surface area (Å²) < 4.78 is 0. The lowest BCUT2D eigenvalue weighted by Crippen LogP contribution is -2.68. The van der Waals surface area contributed by atoms with Gasteiger partial charge in [-0.1, -0.05) is 91.0 Å². The smallest absolute Gasteiger partial charge is 0.252 e. The number of carbonyl (C=O) groups is 4. The van der Waals surface area contributed by atoms with Gasteiger partial charge in [0.05, 0.1) is 0 Å². The molecule has 4 amide bonds. The van der Waals surface area contributed by atoms with Gasteiger partial charge in [0.2, 0.25) is 11.8 Å². The van der Waals surface area contributed by atoms with Gasteiger partial charge >= 0.3 is 0 Å². The van der Waals surface area contributed by atoms with Crippen LogP contribution in [-0.2, 0) is 32.0 Å². The Balaban J connectivity index is 1.54. The molecule has 2 N–H and O–H groups in total. The maximum atomic E-state index is 13.6. The van der Waals surface area contributed by atoms with Crippen molar-refractivity contribution in [2.24, 2.45) is 0 Å². The largest absolute Gasteiger partial charge is 0.342 e. The average molecular weight is 496 g/mol. The first-order valence-corrected chi connectivity index (χ1v) is 12.2. The Morgan fingerprint density at radius 3 is 2.00 bits per heavy atom. The normalized spacial score (nSPS) is 18.4. The molecule has 3 aromatic rings. The van der Waals surface area contributed by atoms with E-state index in [1.807, 2.05) is 91.0 Å². The molecule has 37 heavy (non-hydrogen) atoms. The van der Waals surface area contributed by atoms with E-state index in [1.54, 1.807) is 6.08 Å². The second-order valence-electron chi connectivity index (χ2n) is 8.98. The van der Waals surface area contributed by atoms with E-state index in [1.165, 1.54) is 13.0 Å². The van der Waals surface area contributed by atoms with Crippen LogP contribution >= 0.6 is 0 Å². The number of hydrogen-bond donors (Lipinski definition) is 2. The number of imide groups is 1. The minimum absolute atomic E-state index is 0.177. The summed E-state index contributed by atoms with van der Waals surface area (Å²) in [6.45, 7) is 1.52. The van der Waals surface area contributed by atoms with E-state index < -0.39 is 41.8 Å². The third kappa shape index (κ3) is 6.58. The van der Waals surface area contributed by atoms with Crippen LogP contribution in [0.15, 0.2) is 97.1 Å². The minimum Gasteiger partial charge on any atom is -0.342 e. The van der Waals surface area contributed by atoms with E-state index in [9.17, 15) is 19.2 Å². The second kappa shape index (κ2) is 11.9. The number of piperazine rings is 1. The molecule has 3 aromatic carbocycles. The first-order valence-electron chi connectivity index (χ1n) is 12.2. The number of hydrogen-bond acceptors (Lipinski definition) is 4. The molecular weight excluding hydrogens is 466 g/mol. The summed E-state index contributed by atoms with van der Waals surface area (Å²) >= 11 is 0. The van der Waals surface area contributed by atoms with Crippen molar-refractivity contribution >= 4 is 29.7 Å². The lowest BCUT2D eigenvalue weighted by molar-refractivity contribution is -0.159. The van der Waals surface area contributed by atoms with Crippen LogP contribution in [0.25, 0.3) is 6.08 Å². The fourth-order valence-electron chi connectivity index (χ4n) is 4.31. The van der Waals surface area contributed by atoms with Gasteiger partial charge in [-0.05, 0) is 29.7 Å². The number of rotatable bonds is 8. The third-order valence-electron chi connectivity index (χ3n) is 6.21. The highest BCUT2D eigenvalue weighted by Crippen LogP contribution is 2.19. The van der Waals surface area contributed by atoms with Gasteiger partial charge in [0, 0.05) is 18.9 Å². The summed E-state index contributed by atoms with van der Waals surface area (Å²) in [5.41, 5.74) is 2.52. The fraction of sp³-hybridized carbons (Fsp3) is 0.200. The van der Waals surface area contributed by atoms with E-state index in [4.69, 9.17) is 0 Å². The van der Waals surface area contributed by atoms with Gasteiger partial charge in [0.1, 0.15) is 18.1 Å². The molecule has 0 radical (unpaired) electrons. The van der Waals surface area contributed by atoms with Crippen LogP contribution in [-0.4, -0.2) is 46.7 Å². The summed E-state index contributed by atoms with van der Waals surface area (Å²) in [7, 11) is 0. The van der Waals surface area contributed by atoms with Gasteiger partial charge in [0.25, 0.3) is 11.8 Å². The number of carbonyl (C=O) groups excluding carboxylic acids is 4. The van der Waals surface area contributed by atoms with E-state index in [0.717, 1.165) is 21.6 Å². The van der Waals surface area contributed by atoms with Crippen molar-refractivity contribution < 1.29 is 19.2 Å². The average Bonchev–Trinajstić information content (AvgIpc) is 2.92. The quantitative estimate of drug-likeness (QED) is 0.470. The standard InChI is InChI=1S/C30H29N3O4/c1-21(31-27(34)18-17-22-11-5-2-6-12-22)29(36)33-26(20-24-15-9-4-10-16-24)28(35)32-25(30(33)37)19-23-13-7-3-8-14-23/h2-18,21,25-26H,19-20H2,1H3,(H,31,34)(H,32,35)/b18-17+. The highest BCUT2D eigenvalue weighted by molar-refractivity contribution is 6.09. The van der Waals surface area contributed by atoms with E-state index in [0.29, 0.717) is 0 Å². The molecule has 3 unspecified atom stereocenters. The second-order valence-corrected chi connectivity index (χ2v) is 8.98. The van der Waals surface area contributed by atoms with Crippen LogP contribution in [0.5, 0.6) is 0 Å². The molecule has 0 aromatic heterocycles. The molecule has 0 saturated carbocycles. The van der Waals surface area contributed by atoms with Crippen LogP contribution in [0.1, 0.15) is 23.6 Å². The van der Waals surface area contributed by atoms with Gasteiger partial charge < -0.3 is 10.6 Å². The Kier molecular flexibility index (Phi) is 8.26. The van der Waals surface area contributed by atoms with E-state index in [2.05, 4.69) is 10.6 Å². The maximum Gasteiger partial charge on any atom is 0.252 e. The van der Waals surface area contributed by atoms with Crippen LogP contribution in [0.3, 0.4) is 0 Å². The Labute approximate surface area is 216 Å². The highest BCUT2D eigenvalue weighted by atomic mass is 16.2. The molecule has 1 aliphatic rings. The van der Waals surface area contributed by atoms with Crippen molar-refractivity contribution in [1.29, 1.82) is 0 Å². The van der Waals surface area contributed by atoms with Crippen molar-refractivity contribution in [3.05, 3.63) is 114 Å². The van der Waals surface area contributed by atoms with Crippen LogP contribution in [0, 0.1) is 0 Å². The van der Waals surface area contributed by atoms with Crippen molar-refractivity contribution in [2.75, 3.05) is 0 Å². The van der Waals surface area contributed by atoms with Crippen molar-refractivity contribution in [1.82, 2.24) is 15.5 Å². The predicted molar refractivity (Wildman–Crippen MR) is 141 cm³/mol. The minimum atomic E-state index is -1.02. The van der Waals surface area contributed by atoms with E-state index >= 15 is 0 Å². The van der Waals surface area contributed by atoms with Crippen LogP contribution < -0.4 is 10.6 Å². The predicted octanol–water partition coefficient (Wildman–Crippen LogP) is 2.91. The van der Waals surface area contributed by atoms with Gasteiger partial charge in [-0.2, -0.15) is 0 Å². The summed E-state index contributed by atoms with van der Waals surface area (Å²) in [5.74, 6) is -1.99. The summed E-state index contributed by atoms with van der Waals surface area (Å²) in [5, 5.41) is 5.44. The topological polar surface area (TPSA) is 95.6 Å². The lowest BCUT2D eigenvalue weighted by Gasteiger charge is -2.39. The summed E-state index contributed by atoms with van der Waals surface area (Å²) in [6, 6.07) is 24.9. The zero-order chi connectivity index (χ0) is 26.2. The number of nitrogens with one attached hydrogen (secondary N) is 2. The molecule has 4 rings (SSSR count). The molecule has 1 heterocycles. The summed E-state index contributed by atoms with van der Waals surface area (Å²) in [6.07, 6.45) is 3.41. The SMILES string of the molecule is CC(NC(=O)/C=C/c1ccccc1)C(=O)N1C(=O)C(Cc2ccccc2)NC(=O)C1Cc1ccccc1. The molecule has 1 aliphatic heterocycles. The molecule has 3 atom stereocenters. The zero-order valence-corrected chi connectivity index (χ0v) is 20.5. The Morgan fingerprint density at radius 1 is 0.865 bits per heavy atom. The van der Waals surface area contributed by atoms with Crippen molar-refractivity contribution in [3.8, 4) is 0 Å². The van der Waals surface area contributed by atoms with Gasteiger partial charge in [0.15, 0.2) is 0 Å². The molecular formula is C30H29N3O4. The molecule has 0 aliphatic carbocycles. The molecule has 1 saturated heterocycles. The highest BCUT2D eigenvalue weighted by Gasteiger charge is 2.45. The molecule has 0 bridgehead atoms. The fourth-order valence-corrected chi connectivity index (χ4v) is 4.31. The first-order chi connectivity index (χ1) is 17.9. The zero-order valence-electron chi connectivity index (χ0n) is 20.5. The first kappa shape index (κ1) is 25.6. The van der Waals surface area contributed by atoms with Crippen molar-refractivity contribution in [3.63, 3.8) is 0 Å². The molecule has 7 nitrogen and oxygen atoms in total. The van der Waals surface area contributed by atoms with Crippen molar-refractivity contribution in [2.45, 2.75) is 37.9 Å². The van der Waals surface area contributed by atoms with Gasteiger partial charge in [-0.15, -0.1) is 0 Å². The number of nitrogens with zero attached hydrogens (tertiary/aromatic N) is 1. The Morgan fingerprint density at radius 2 is 1.41 bits per heavy atom. The molecule has 0 spiro atoms. The van der Waals surface area contributed by atoms with Crippen LogP contribution in [0.2, 0.25) is 0 Å². The van der Waals surface area contributed by atoms with E-state index in [-0.39, 0.29) is 12.8 Å². The number of benzene rings is 3. The lowest BCUT2D eigenvalue weighted by atomic mass is 9.95. The monoisotopic (exact) mass is 495 g/mol. The summed E-state index contributed by atoms with van der Waals surface area (Å²) in [4.78, 5) is 53.9. The third-order valence-corrected chi connectivity index (χ3v) is 6.21. The Bertz CT molecular complexity index is 1280. The molecule has 188 valence electrons. The molecule has 7 heteroatoms.